The molecule has 7 nitrogen and oxygen atoms in total. The number of fused-ring (bicyclic) bond motifs is 1. The van der Waals surface area contributed by atoms with Crippen molar-refractivity contribution in [3.8, 4) is 0 Å². The Morgan fingerprint density at radius 2 is 2.12 bits per heavy atom. The fourth-order valence-electron chi connectivity index (χ4n) is 3.24. The zero-order valence-electron chi connectivity index (χ0n) is 14.9. The highest BCUT2D eigenvalue weighted by molar-refractivity contribution is 6.12. The molecule has 1 N–H and O–H groups in total. The number of carbonyl (C=O) groups excluding carboxylic acids is 1. The molecule has 130 valence electrons. The van der Waals surface area contributed by atoms with E-state index in [9.17, 15) is 4.79 Å². The lowest BCUT2D eigenvalue weighted by Gasteiger charge is -2.13. The largest absolute Gasteiger partial charge is 0.307 e. The molecule has 3 aromatic rings. The monoisotopic (exact) mass is 338 g/mol. The third-order valence-corrected chi connectivity index (χ3v) is 4.63. The van der Waals surface area contributed by atoms with E-state index in [1.165, 1.54) is 0 Å². The van der Waals surface area contributed by atoms with Crippen molar-refractivity contribution in [3.05, 3.63) is 35.3 Å². The van der Waals surface area contributed by atoms with Gasteiger partial charge in [-0.2, -0.15) is 10.2 Å². The van der Waals surface area contributed by atoms with Gasteiger partial charge in [-0.05, 0) is 39.7 Å². The lowest BCUT2D eigenvalue weighted by Crippen LogP contribution is -2.17. The quantitative estimate of drug-likeness (QED) is 0.792. The SMILES string of the molecule is Cc1nn(C)c2nc(C3CC3)cc(C(=O)Nc3ccnn3C(C)C)c12. The van der Waals surface area contributed by atoms with Crippen molar-refractivity contribution in [2.75, 3.05) is 5.32 Å². The van der Waals surface area contributed by atoms with Gasteiger partial charge in [0.2, 0.25) is 0 Å². The summed E-state index contributed by atoms with van der Waals surface area (Å²) >= 11 is 0. The summed E-state index contributed by atoms with van der Waals surface area (Å²) in [6, 6.07) is 3.92. The summed E-state index contributed by atoms with van der Waals surface area (Å²) in [5.74, 6) is 1.01. The van der Waals surface area contributed by atoms with Gasteiger partial charge in [0.15, 0.2) is 5.65 Å². The molecule has 0 aliphatic heterocycles. The van der Waals surface area contributed by atoms with Crippen molar-refractivity contribution in [1.29, 1.82) is 0 Å². The highest BCUT2D eigenvalue weighted by Crippen LogP contribution is 2.40. The van der Waals surface area contributed by atoms with Crippen LogP contribution in [0.2, 0.25) is 0 Å². The summed E-state index contributed by atoms with van der Waals surface area (Å²) in [5, 5.41) is 12.5. The van der Waals surface area contributed by atoms with Crippen LogP contribution in [-0.2, 0) is 7.05 Å². The summed E-state index contributed by atoms with van der Waals surface area (Å²) in [6.07, 6.45) is 3.97. The normalized spacial score (nSPS) is 14.4. The van der Waals surface area contributed by atoms with Crippen molar-refractivity contribution in [1.82, 2.24) is 24.5 Å². The summed E-state index contributed by atoms with van der Waals surface area (Å²) < 4.78 is 3.56. The Bertz CT molecular complexity index is 964. The van der Waals surface area contributed by atoms with Gasteiger partial charge in [0, 0.05) is 30.8 Å². The average molecular weight is 338 g/mol. The van der Waals surface area contributed by atoms with Crippen molar-refractivity contribution in [3.63, 3.8) is 0 Å². The molecule has 0 spiro atoms. The summed E-state index contributed by atoms with van der Waals surface area (Å²) in [5.41, 5.74) is 3.20. The lowest BCUT2D eigenvalue weighted by atomic mass is 10.1. The number of pyridine rings is 1. The van der Waals surface area contributed by atoms with Gasteiger partial charge in [-0.3, -0.25) is 9.48 Å². The number of carbonyl (C=O) groups is 1. The van der Waals surface area contributed by atoms with Crippen LogP contribution < -0.4 is 5.32 Å². The molecule has 0 unspecified atom stereocenters. The first-order chi connectivity index (χ1) is 12.0. The smallest absolute Gasteiger partial charge is 0.257 e. The summed E-state index contributed by atoms with van der Waals surface area (Å²) in [4.78, 5) is 17.8. The molecular formula is C18H22N6O. The number of aromatic nitrogens is 5. The van der Waals surface area contributed by atoms with Gasteiger partial charge >= 0.3 is 0 Å². The molecule has 0 saturated heterocycles. The van der Waals surface area contributed by atoms with E-state index in [0.29, 0.717) is 17.3 Å². The van der Waals surface area contributed by atoms with E-state index < -0.39 is 0 Å². The van der Waals surface area contributed by atoms with Gasteiger partial charge in [0.1, 0.15) is 5.82 Å². The maximum atomic E-state index is 13.0. The Kier molecular flexibility index (Phi) is 3.59. The van der Waals surface area contributed by atoms with Crippen molar-refractivity contribution in [2.45, 2.75) is 45.6 Å². The van der Waals surface area contributed by atoms with Gasteiger partial charge in [0.25, 0.3) is 5.91 Å². The summed E-state index contributed by atoms with van der Waals surface area (Å²) in [6.45, 7) is 5.98. The zero-order chi connectivity index (χ0) is 17.7. The van der Waals surface area contributed by atoms with Crippen LogP contribution in [0.5, 0.6) is 0 Å². The first-order valence-electron chi connectivity index (χ1n) is 8.65. The Morgan fingerprint density at radius 1 is 1.36 bits per heavy atom. The number of hydrogen-bond acceptors (Lipinski definition) is 4. The second-order valence-corrected chi connectivity index (χ2v) is 6.99. The number of nitrogens with one attached hydrogen (secondary N) is 1. The van der Waals surface area contributed by atoms with Crippen molar-refractivity contribution >= 4 is 22.8 Å². The molecule has 1 amide bonds. The predicted octanol–water partition coefficient (Wildman–Crippen LogP) is 3.18. The maximum absolute atomic E-state index is 13.0. The number of aryl methyl sites for hydroxylation is 2. The second kappa shape index (κ2) is 5.68. The van der Waals surface area contributed by atoms with E-state index in [0.717, 1.165) is 35.3 Å². The first-order valence-corrected chi connectivity index (χ1v) is 8.65. The van der Waals surface area contributed by atoms with Crippen LogP contribution >= 0.6 is 0 Å². The molecule has 1 fully saturated rings. The number of rotatable bonds is 4. The Morgan fingerprint density at radius 3 is 2.80 bits per heavy atom. The first kappa shape index (κ1) is 15.8. The van der Waals surface area contributed by atoms with Crippen LogP contribution in [0, 0.1) is 6.92 Å². The van der Waals surface area contributed by atoms with Crippen molar-refractivity contribution < 1.29 is 4.79 Å². The number of anilines is 1. The Balaban J connectivity index is 1.79. The molecule has 1 aliphatic carbocycles. The van der Waals surface area contributed by atoms with Crippen molar-refractivity contribution in [2.24, 2.45) is 7.05 Å². The van der Waals surface area contributed by atoms with Gasteiger partial charge in [0.05, 0.1) is 22.8 Å². The van der Waals surface area contributed by atoms with Gasteiger partial charge in [-0.15, -0.1) is 0 Å². The van der Waals surface area contributed by atoms with Crippen LogP contribution in [-0.4, -0.2) is 30.5 Å². The van der Waals surface area contributed by atoms with Crippen LogP contribution in [0.25, 0.3) is 11.0 Å². The highest BCUT2D eigenvalue weighted by Gasteiger charge is 2.28. The molecular weight excluding hydrogens is 316 g/mol. The van der Waals surface area contributed by atoms with E-state index in [2.05, 4.69) is 15.5 Å². The van der Waals surface area contributed by atoms with Crippen LogP contribution in [0.1, 0.15) is 60.4 Å². The van der Waals surface area contributed by atoms with E-state index in [4.69, 9.17) is 4.98 Å². The molecule has 0 atom stereocenters. The van der Waals surface area contributed by atoms with Crippen LogP contribution in [0.15, 0.2) is 18.3 Å². The van der Waals surface area contributed by atoms with Gasteiger partial charge < -0.3 is 5.32 Å². The van der Waals surface area contributed by atoms with E-state index in [1.54, 1.807) is 15.6 Å². The molecule has 3 aromatic heterocycles. The molecule has 25 heavy (non-hydrogen) atoms. The number of hydrogen-bond donors (Lipinski definition) is 1. The topological polar surface area (TPSA) is 77.6 Å². The standard InChI is InChI=1S/C18H22N6O/c1-10(2)24-15(7-8-19-24)21-18(25)13-9-14(12-5-6-12)20-17-16(13)11(3)22-23(17)4/h7-10,12H,5-6H2,1-4H3,(H,21,25). The van der Waals surface area contributed by atoms with E-state index >= 15 is 0 Å². The van der Waals surface area contributed by atoms with Crippen LogP contribution in [0.3, 0.4) is 0 Å². The molecule has 0 bridgehead atoms. The minimum absolute atomic E-state index is 0.146. The average Bonchev–Trinajstić information content (AvgIpc) is 3.25. The maximum Gasteiger partial charge on any atom is 0.257 e. The van der Waals surface area contributed by atoms with Crippen LogP contribution in [0.4, 0.5) is 5.82 Å². The third kappa shape index (κ3) is 2.69. The second-order valence-electron chi connectivity index (χ2n) is 6.99. The molecule has 4 rings (SSSR count). The number of amides is 1. The molecule has 7 heteroatoms. The molecule has 0 aromatic carbocycles. The Labute approximate surface area is 146 Å². The van der Waals surface area contributed by atoms with Gasteiger partial charge in [-0.25, -0.2) is 9.67 Å². The minimum Gasteiger partial charge on any atom is -0.307 e. The highest BCUT2D eigenvalue weighted by atomic mass is 16.1. The van der Waals surface area contributed by atoms with E-state index in [-0.39, 0.29) is 11.9 Å². The molecule has 3 heterocycles. The van der Waals surface area contributed by atoms with Gasteiger partial charge in [-0.1, -0.05) is 0 Å². The molecule has 0 radical (unpaired) electrons. The fourth-order valence-corrected chi connectivity index (χ4v) is 3.24. The third-order valence-electron chi connectivity index (χ3n) is 4.63. The van der Waals surface area contributed by atoms with E-state index in [1.807, 2.05) is 40.0 Å². The lowest BCUT2D eigenvalue weighted by molar-refractivity contribution is 0.102. The minimum atomic E-state index is -0.146. The number of nitrogens with zero attached hydrogens (tertiary/aromatic N) is 5. The molecule has 1 aliphatic rings. The Hall–Kier alpha value is -2.70. The molecule has 1 saturated carbocycles. The predicted molar refractivity (Wildman–Crippen MR) is 95.8 cm³/mol. The zero-order valence-corrected chi connectivity index (χ0v) is 14.9. The summed E-state index contributed by atoms with van der Waals surface area (Å²) in [7, 11) is 1.87. The fraction of sp³-hybridized carbons (Fsp3) is 0.444.